The Morgan fingerprint density at radius 2 is 1.78 bits per heavy atom. The summed E-state index contributed by atoms with van der Waals surface area (Å²) in [7, 11) is 0. The van der Waals surface area contributed by atoms with Gasteiger partial charge in [0.2, 0.25) is 0 Å². The second-order valence-corrected chi connectivity index (χ2v) is 7.73. The average Bonchev–Trinajstić information content (AvgIpc) is 3.11. The first kappa shape index (κ1) is 18.0. The monoisotopic (exact) mass is 390 g/mol. The molecule has 0 atom stereocenters. The van der Waals surface area contributed by atoms with Gasteiger partial charge >= 0.3 is 6.18 Å². The number of likely N-dealkylation sites (tertiary alicyclic amines) is 1. The number of benzene rings is 2. The Morgan fingerprint density at radius 3 is 2.44 bits per heavy atom. The highest BCUT2D eigenvalue weighted by Gasteiger charge is 2.31. The third kappa shape index (κ3) is 3.69. The van der Waals surface area contributed by atoms with Crippen molar-refractivity contribution < 1.29 is 18.0 Å². The third-order valence-corrected chi connectivity index (χ3v) is 6.08. The van der Waals surface area contributed by atoms with Crippen LogP contribution in [0, 0.1) is 0 Å². The summed E-state index contributed by atoms with van der Waals surface area (Å²) in [6, 6.07) is 12.9. The highest BCUT2D eigenvalue weighted by Crippen LogP contribution is 2.37. The molecule has 3 nitrogen and oxygen atoms in total. The Bertz CT molecular complexity index is 960. The van der Waals surface area contributed by atoms with Crippen molar-refractivity contribution in [3.05, 3.63) is 64.7 Å². The van der Waals surface area contributed by atoms with Crippen molar-refractivity contribution in [2.24, 2.45) is 0 Å². The van der Waals surface area contributed by atoms with Crippen LogP contribution in [0.3, 0.4) is 0 Å². The van der Waals surface area contributed by atoms with Crippen LogP contribution in [0.25, 0.3) is 10.2 Å². The molecule has 0 saturated carbocycles. The van der Waals surface area contributed by atoms with Gasteiger partial charge in [0.15, 0.2) is 0 Å². The van der Waals surface area contributed by atoms with E-state index in [1.54, 1.807) is 12.1 Å². The molecule has 2 heterocycles. The number of piperidine rings is 1. The smallest absolute Gasteiger partial charge is 0.339 e. The third-order valence-electron chi connectivity index (χ3n) is 4.88. The van der Waals surface area contributed by atoms with Crippen molar-refractivity contribution in [3.8, 4) is 0 Å². The number of nitrogens with zero attached hydrogens (tertiary/aromatic N) is 2. The largest absolute Gasteiger partial charge is 0.416 e. The molecule has 0 bridgehead atoms. The first-order valence-corrected chi connectivity index (χ1v) is 9.55. The van der Waals surface area contributed by atoms with Gasteiger partial charge in [-0.25, -0.2) is 4.98 Å². The van der Waals surface area contributed by atoms with E-state index < -0.39 is 11.7 Å². The first-order chi connectivity index (χ1) is 12.9. The summed E-state index contributed by atoms with van der Waals surface area (Å²) in [5.74, 6) is 0.199. The maximum Gasteiger partial charge on any atom is 0.416 e. The van der Waals surface area contributed by atoms with E-state index in [0.717, 1.165) is 34.7 Å². The Kier molecular flexibility index (Phi) is 4.63. The molecule has 1 saturated heterocycles. The molecular weight excluding hydrogens is 373 g/mol. The fourth-order valence-electron chi connectivity index (χ4n) is 3.39. The van der Waals surface area contributed by atoms with Crippen molar-refractivity contribution in [1.82, 2.24) is 9.88 Å². The van der Waals surface area contributed by atoms with Crippen LogP contribution < -0.4 is 0 Å². The first-order valence-electron chi connectivity index (χ1n) is 8.74. The topological polar surface area (TPSA) is 33.2 Å². The highest BCUT2D eigenvalue weighted by molar-refractivity contribution is 7.18. The maximum atomic E-state index is 12.9. The van der Waals surface area contributed by atoms with Gasteiger partial charge in [0.05, 0.1) is 20.8 Å². The van der Waals surface area contributed by atoms with E-state index in [2.05, 4.69) is 4.98 Å². The Hall–Kier alpha value is -2.41. The number of halogens is 3. The van der Waals surface area contributed by atoms with Crippen LogP contribution in [0.4, 0.5) is 13.2 Å². The van der Waals surface area contributed by atoms with E-state index in [0.29, 0.717) is 24.2 Å². The molecule has 1 amide bonds. The van der Waals surface area contributed by atoms with E-state index in [4.69, 9.17) is 0 Å². The van der Waals surface area contributed by atoms with Crippen molar-refractivity contribution in [2.75, 3.05) is 13.1 Å². The maximum absolute atomic E-state index is 12.9. The lowest BCUT2D eigenvalue weighted by molar-refractivity contribution is -0.137. The number of alkyl halides is 3. The van der Waals surface area contributed by atoms with Crippen molar-refractivity contribution >= 4 is 27.5 Å². The van der Waals surface area contributed by atoms with Gasteiger partial charge in [0.25, 0.3) is 5.91 Å². The predicted molar refractivity (Wildman–Crippen MR) is 98.9 cm³/mol. The van der Waals surface area contributed by atoms with E-state index in [1.807, 2.05) is 23.1 Å². The molecule has 7 heteroatoms. The summed E-state index contributed by atoms with van der Waals surface area (Å²) in [6.07, 6.45) is -2.82. The van der Waals surface area contributed by atoms with Crippen LogP contribution in [-0.4, -0.2) is 28.9 Å². The number of carbonyl (C=O) groups is 1. The Labute approximate surface area is 158 Å². The summed E-state index contributed by atoms with van der Waals surface area (Å²) in [5.41, 5.74) is 0.401. The lowest BCUT2D eigenvalue weighted by Crippen LogP contribution is -2.37. The molecule has 0 radical (unpaired) electrons. The van der Waals surface area contributed by atoms with Gasteiger partial charge in [-0.05, 0) is 43.2 Å². The van der Waals surface area contributed by atoms with Crippen LogP contribution in [0.1, 0.15) is 39.7 Å². The van der Waals surface area contributed by atoms with Crippen LogP contribution in [0.5, 0.6) is 0 Å². The number of hydrogen-bond donors (Lipinski definition) is 0. The molecule has 0 spiro atoms. The minimum Gasteiger partial charge on any atom is -0.339 e. The van der Waals surface area contributed by atoms with Crippen molar-refractivity contribution in [3.63, 3.8) is 0 Å². The fraction of sp³-hybridized carbons (Fsp3) is 0.300. The number of amides is 1. The van der Waals surface area contributed by atoms with E-state index in [-0.39, 0.29) is 11.8 Å². The molecule has 1 aliphatic heterocycles. The van der Waals surface area contributed by atoms with Gasteiger partial charge in [0, 0.05) is 24.6 Å². The second kappa shape index (κ2) is 6.96. The molecule has 1 aromatic heterocycles. The van der Waals surface area contributed by atoms with Gasteiger partial charge in [0.1, 0.15) is 0 Å². The molecule has 0 N–H and O–H groups in total. The summed E-state index contributed by atoms with van der Waals surface area (Å²) >= 11 is 1.45. The zero-order valence-corrected chi connectivity index (χ0v) is 15.2. The quantitative estimate of drug-likeness (QED) is 0.592. The summed E-state index contributed by atoms with van der Waals surface area (Å²) in [5, 5.41) is 0.858. The highest BCUT2D eigenvalue weighted by atomic mass is 32.1. The summed E-state index contributed by atoms with van der Waals surface area (Å²) in [4.78, 5) is 18.8. The number of rotatable bonds is 2. The molecule has 0 unspecified atom stereocenters. The fourth-order valence-corrected chi connectivity index (χ4v) is 4.51. The zero-order valence-electron chi connectivity index (χ0n) is 14.4. The molecule has 3 aromatic rings. The number of aromatic nitrogens is 1. The van der Waals surface area contributed by atoms with Gasteiger partial charge in [-0.1, -0.05) is 18.2 Å². The Balaban J connectivity index is 1.47. The van der Waals surface area contributed by atoms with Crippen LogP contribution in [-0.2, 0) is 6.18 Å². The zero-order chi connectivity index (χ0) is 19.0. The second-order valence-electron chi connectivity index (χ2n) is 6.66. The van der Waals surface area contributed by atoms with E-state index in [1.165, 1.54) is 17.4 Å². The van der Waals surface area contributed by atoms with Crippen LogP contribution in [0.15, 0.2) is 48.5 Å². The van der Waals surface area contributed by atoms with E-state index in [9.17, 15) is 18.0 Å². The minimum atomic E-state index is -4.36. The number of hydrogen-bond acceptors (Lipinski definition) is 3. The molecule has 27 heavy (non-hydrogen) atoms. The molecule has 140 valence electrons. The summed E-state index contributed by atoms with van der Waals surface area (Å²) < 4.78 is 39.4. The van der Waals surface area contributed by atoms with Crippen LogP contribution in [0.2, 0.25) is 0 Å². The van der Waals surface area contributed by atoms with Crippen LogP contribution >= 0.6 is 11.3 Å². The average molecular weight is 390 g/mol. The lowest BCUT2D eigenvalue weighted by Gasteiger charge is -2.31. The minimum absolute atomic E-state index is 0.0215. The molecule has 0 aliphatic carbocycles. The van der Waals surface area contributed by atoms with Gasteiger partial charge < -0.3 is 4.90 Å². The molecule has 4 rings (SSSR count). The number of carbonyl (C=O) groups excluding carboxylic acids is 1. The summed E-state index contributed by atoms with van der Waals surface area (Å²) in [6.45, 7) is 1.25. The van der Waals surface area contributed by atoms with E-state index >= 15 is 0 Å². The standard InChI is InChI=1S/C20H17F3N2OS/c21-20(22,23)15-6-7-17-16(12-15)24-18(27-17)13-8-10-25(11-9-13)19(26)14-4-2-1-3-5-14/h1-7,12-13H,8-11H2. The van der Waals surface area contributed by atoms with Gasteiger partial charge in [-0.3, -0.25) is 4.79 Å². The molecule has 2 aromatic carbocycles. The SMILES string of the molecule is O=C(c1ccccc1)N1CCC(c2nc3cc(C(F)(F)F)ccc3s2)CC1. The van der Waals surface area contributed by atoms with Gasteiger partial charge in [-0.15, -0.1) is 11.3 Å². The lowest BCUT2D eigenvalue weighted by atomic mass is 9.97. The predicted octanol–water partition coefficient (Wildman–Crippen LogP) is 5.33. The van der Waals surface area contributed by atoms with Crippen molar-refractivity contribution in [2.45, 2.75) is 24.9 Å². The normalized spacial score (nSPS) is 16.0. The van der Waals surface area contributed by atoms with Crippen molar-refractivity contribution in [1.29, 1.82) is 0 Å². The Morgan fingerprint density at radius 1 is 1.07 bits per heavy atom. The number of fused-ring (bicyclic) bond motifs is 1. The molecular formula is C20H17F3N2OS. The number of thiazole rings is 1. The van der Waals surface area contributed by atoms with Gasteiger partial charge in [-0.2, -0.15) is 13.2 Å². The molecule has 1 fully saturated rings. The molecule has 1 aliphatic rings.